The highest BCUT2D eigenvalue weighted by molar-refractivity contribution is 14.1. The van der Waals surface area contributed by atoms with E-state index in [4.69, 9.17) is 16.3 Å². The zero-order valence-corrected chi connectivity index (χ0v) is 16.9. The van der Waals surface area contributed by atoms with Gasteiger partial charge in [0.05, 0.1) is 12.8 Å². The Kier molecular flexibility index (Phi) is 6.91. The second-order valence-electron chi connectivity index (χ2n) is 5.71. The Morgan fingerprint density at radius 3 is 2.46 bits per heavy atom. The van der Waals surface area contributed by atoms with E-state index in [1.807, 2.05) is 48.5 Å². The first kappa shape index (κ1) is 18.7. The molecule has 0 heterocycles. The molecule has 0 spiro atoms. The van der Waals surface area contributed by atoms with Crippen LogP contribution in [0, 0.1) is 3.57 Å². The lowest BCUT2D eigenvalue weighted by atomic mass is 10.2. The number of hydrogen-bond acceptors (Lipinski definition) is 3. The second kappa shape index (κ2) is 9.59. The third-order valence-corrected chi connectivity index (χ3v) is 4.65. The predicted octanol–water partition coefficient (Wildman–Crippen LogP) is 5.65. The highest BCUT2D eigenvalue weighted by Crippen LogP contribution is 2.15. The molecule has 0 unspecified atom stereocenters. The number of nitrogens with zero attached hydrogens (tertiary/aromatic N) is 1. The SMILES string of the molecule is Clc1ccc(CN/N=C\c2cccc(OCc3ccc(I)cc3)c2)cc1. The first-order chi connectivity index (χ1) is 12.7. The van der Waals surface area contributed by atoms with Crippen molar-refractivity contribution >= 4 is 40.4 Å². The van der Waals surface area contributed by atoms with Gasteiger partial charge in [-0.2, -0.15) is 5.10 Å². The number of hydrazone groups is 1. The minimum Gasteiger partial charge on any atom is -0.489 e. The molecule has 3 aromatic rings. The van der Waals surface area contributed by atoms with E-state index in [1.54, 1.807) is 6.21 Å². The Morgan fingerprint density at radius 2 is 1.69 bits per heavy atom. The molecule has 26 heavy (non-hydrogen) atoms. The summed E-state index contributed by atoms with van der Waals surface area (Å²) in [5.41, 5.74) is 6.29. The topological polar surface area (TPSA) is 33.6 Å². The van der Waals surface area contributed by atoms with Gasteiger partial charge >= 0.3 is 0 Å². The van der Waals surface area contributed by atoms with Crippen LogP contribution in [0.3, 0.4) is 0 Å². The van der Waals surface area contributed by atoms with Crippen LogP contribution in [0.1, 0.15) is 16.7 Å². The lowest BCUT2D eigenvalue weighted by molar-refractivity contribution is 0.306. The maximum absolute atomic E-state index is 5.88. The van der Waals surface area contributed by atoms with Crippen LogP contribution in [0.5, 0.6) is 5.75 Å². The molecule has 0 radical (unpaired) electrons. The molecule has 132 valence electrons. The molecule has 0 amide bonds. The first-order valence-electron chi connectivity index (χ1n) is 8.17. The Labute approximate surface area is 172 Å². The summed E-state index contributed by atoms with van der Waals surface area (Å²) in [4.78, 5) is 0. The van der Waals surface area contributed by atoms with Crippen LogP contribution in [-0.4, -0.2) is 6.21 Å². The van der Waals surface area contributed by atoms with Crippen molar-refractivity contribution in [1.29, 1.82) is 0 Å². The Hall–Kier alpha value is -2.05. The summed E-state index contributed by atoms with van der Waals surface area (Å²) in [6.45, 7) is 1.20. The normalized spacial score (nSPS) is 10.8. The molecule has 0 saturated carbocycles. The van der Waals surface area contributed by atoms with Gasteiger partial charge in [0.1, 0.15) is 12.4 Å². The van der Waals surface area contributed by atoms with Crippen molar-refractivity contribution in [2.45, 2.75) is 13.2 Å². The number of nitrogens with one attached hydrogen (secondary N) is 1. The molecule has 0 bridgehead atoms. The fourth-order valence-corrected chi connectivity index (χ4v) is 2.78. The quantitative estimate of drug-likeness (QED) is 0.272. The molecule has 0 aliphatic carbocycles. The van der Waals surface area contributed by atoms with Gasteiger partial charge < -0.3 is 10.2 Å². The van der Waals surface area contributed by atoms with Crippen molar-refractivity contribution < 1.29 is 4.74 Å². The Morgan fingerprint density at radius 1 is 0.962 bits per heavy atom. The summed E-state index contributed by atoms with van der Waals surface area (Å²) in [5, 5.41) is 5.00. The van der Waals surface area contributed by atoms with E-state index in [0.29, 0.717) is 13.2 Å². The standard InChI is InChI=1S/C21H18ClIN2O/c22-19-8-4-16(5-9-19)13-24-25-14-18-2-1-3-21(12-18)26-15-17-6-10-20(23)11-7-17/h1-12,14,24H,13,15H2/b25-14-. The summed E-state index contributed by atoms with van der Waals surface area (Å²) in [5.74, 6) is 0.824. The fourth-order valence-electron chi connectivity index (χ4n) is 2.29. The Bertz CT molecular complexity index is 864. The van der Waals surface area contributed by atoms with Crippen molar-refractivity contribution in [1.82, 2.24) is 5.43 Å². The third kappa shape index (κ3) is 6.04. The van der Waals surface area contributed by atoms with Gasteiger partial charge in [0.25, 0.3) is 0 Å². The van der Waals surface area contributed by atoms with Crippen molar-refractivity contribution in [3.63, 3.8) is 0 Å². The smallest absolute Gasteiger partial charge is 0.120 e. The molecule has 0 saturated heterocycles. The minimum absolute atomic E-state index is 0.548. The number of rotatable bonds is 7. The first-order valence-corrected chi connectivity index (χ1v) is 9.62. The van der Waals surface area contributed by atoms with E-state index < -0.39 is 0 Å². The maximum atomic E-state index is 5.88. The summed E-state index contributed by atoms with van der Waals surface area (Å²) in [7, 11) is 0. The Balaban J connectivity index is 1.51. The summed E-state index contributed by atoms with van der Waals surface area (Å²) in [6.07, 6.45) is 1.79. The van der Waals surface area contributed by atoms with Crippen molar-refractivity contribution in [2.24, 2.45) is 5.10 Å². The average molecular weight is 477 g/mol. The number of benzene rings is 3. The molecule has 0 aliphatic heterocycles. The van der Waals surface area contributed by atoms with Crippen LogP contribution in [0.25, 0.3) is 0 Å². The van der Waals surface area contributed by atoms with E-state index in [9.17, 15) is 0 Å². The average Bonchev–Trinajstić information content (AvgIpc) is 2.67. The zero-order chi connectivity index (χ0) is 18.2. The molecule has 3 aromatic carbocycles. The van der Waals surface area contributed by atoms with Crippen LogP contribution in [0.15, 0.2) is 77.9 Å². The molecule has 5 heteroatoms. The largest absolute Gasteiger partial charge is 0.489 e. The number of ether oxygens (including phenoxy) is 1. The van der Waals surface area contributed by atoms with E-state index in [-0.39, 0.29) is 0 Å². The van der Waals surface area contributed by atoms with Gasteiger partial charge in [-0.25, -0.2) is 0 Å². The molecule has 0 aliphatic rings. The minimum atomic E-state index is 0.548. The molecule has 0 fully saturated rings. The number of halogens is 2. The van der Waals surface area contributed by atoms with Gasteiger partial charge in [-0.05, 0) is 75.7 Å². The molecular weight excluding hydrogens is 459 g/mol. The maximum Gasteiger partial charge on any atom is 0.120 e. The van der Waals surface area contributed by atoms with E-state index in [2.05, 4.69) is 57.4 Å². The highest BCUT2D eigenvalue weighted by Gasteiger charge is 1.98. The van der Waals surface area contributed by atoms with Gasteiger partial charge in [-0.15, -0.1) is 0 Å². The van der Waals surface area contributed by atoms with Crippen molar-refractivity contribution in [3.8, 4) is 5.75 Å². The fraction of sp³-hybridized carbons (Fsp3) is 0.0952. The van der Waals surface area contributed by atoms with Gasteiger partial charge in [-0.1, -0.05) is 48.0 Å². The van der Waals surface area contributed by atoms with Gasteiger partial charge in [0.2, 0.25) is 0 Å². The van der Waals surface area contributed by atoms with Crippen LogP contribution in [0.2, 0.25) is 5.02 Å². The molecule has 3 nitrogen and oxygen atoms in total. The van der Waals surface area contributed by atoms with Gasteiger partial charge in [0, 0.05) is 8.59 Å². The monoisotopic (exact) mass is 476 g/mol. The second-order valence-corrected chi connectivity index (χ2v) is 7.39. The van der Waals surface area contributed by atoms with Crippen LogP contribution in [0.4, 0.5) is 0 Å². The lowest BCUT2D eigenvalue weighted by Gasteiger charge is -2.07. The summed E-state index contributed by atoms with van der Waals surface area (Å²) in [6, 6.07) is 23.9. The summed E-state index contributed by atoms with van der Waals surface area (Å²) < 4.78 is 7.08. The van der Waals surface area contributed by atoms with Crippen molar-refractivity contribution in [3.05, 3.63) is 98.1 Å². The van der Waals surface area contributed by atoms with E-state index in [0.717, 1.165) is 27.5 Å². The van der Waals surface area contributed by atoms with Crippen LogP contribution >= 0.6 is 34.2 Å². The van der Waals surface area contributed by atoms with Gasteiger partial charge in [0.15, 0.2) is 0 Å². The zero-order valence-electron chi connectivity index (χ0n) is 14.0. The highest BCUT2D eigenvalue weighted by atomic mass is 127. The van der Waals surface area contributed by atoms with Crippen molar-refractivity contribution in [2.75, 3.05) is 0 Å². The van der Waals surface area contributed by atoms with Gasteiger partial charge in [-0.3, -0.25) is 0 Å². The molecule has 0 atom stereocenters. The predicted molar refractivity (Wildman–Crippen MR) is 116 cm³/mol. The lowest BCUT2D eigenvalue weighted by Crippen LogP contribution is -2.05. The van der Waals surface area contributed by atoms with E-state index >= 15 is 0 Å². The number of hydrogen-bond donors (Lipinski definition) is 1. The molecule has 0 aromatic heterocycles. The molecule has 1 N–H and O–H groups in total. The van der Waals surface area contributed by atoms with Crippen LogP contribution in [-0.2, 0) is 13.2 Å². The molecular formula is C21H18ClIN2O. The molecule has 3 rings (SSSR count). The summed E-state index contributed by atoms with van der Waals surface area (Å²) >= 11 is 8.17. The van der Waals surface area contributed by atoms with Crippen LogP contribution < -0.4 is 10.2 Å². The third-order valence-electron chi connectivity index (χ3n) is 3.68. The van der Waals surface area contributed by atoms with E-state index in [1.165, 1.54) is 3.57 Å².